The average Bonchev–Trinajstić information content (AvgIpc) is 3.14. The van der Waals surface area contributed by atoms with Crippen LogP contribution >= 0.6 is 0 Å². The molecule has 0 aliphatic heterocycles. The Kier molecular flexibility index (Phi) is 6.89. The molecule has 0 aliphatic carbocycles. The van der Waals surface area contributed by atoms with Crippen molar-refractivity contribution in [1.29, 1.82) is 0 Å². The molecule has 1 heterocycles. The summed E-state index contributed by atoms with van der Waals surface area (Å²) in [6.45, 7) is 1.57. The van der Waals surface area contributed by atoms with Gasteiger partial charge >= 0.3 is 0 Å². The third-order valence-corrected chi connectivity index (χ3v) is 6.60. The van der Waals surface area contributed by atoms with Gasteiger partial charge in [0, 0.05) is 37.0 Å². The zero-order valence-corrected chi connectivity index (χ0v) is 17.5. The second-order valence-corrected chi connectivity index (χ2v) is 9.20. The van der Waals surface area contributed by atoms with Crippen molar-refractivity contribution >= 4 is 32.6 Å². The van der Waals surface area contributed by atoms with Crippen molar-refractivity contribution in [2.75, 3.05) is 12.3 Å². The fourth-order valence-corrected chi connectivity index (χ4v) is 4.65. The molecule has 0 radical (unpaired) electrons. The van der Waals surface area contributed by atoms with Crippen molar-refractivity contribution in [2.45, 2.75) is 30.7 Å². The van der Waals surface area contributed by atoms with Gasteiger partial charge in [-0.25, -0.2) is 8.42 Å². The van der Waals surface area contributed by atoms with Crippen LogP contribution in [-0.4, -0.2) is 43.6 Å². The van der Waals surface area contributed by atoms with Crippen LogP contribution in [0.3, 0.4) is 0 Å². The van der Waals surface area contributed by atoms with Crippen LogP contribution in [0, 0.1) is 0 Å². The summed E-state index contributed by atoms with van der Waals surface area (Å²) in [5, 5.41) is 6.42. The Morgan fingerprint density at radius 1 is 1.03 bits per heavy atom. The Morgan fingerprint density at radius 2 is 1.73 bits per heavy atom. The van der Waals surface area contributed by atoms with E-state index in [2.05, 4.69) is 15.6 Å². The number of amides is 2. The maximum atomic E-state index is 12.7. The highest BCUT2D eigenvalue weighted by molar-refractivity contribution is 7.91. The van der Waals surface area contributed by atoms with E-state index >= 15 is 0 Å². The van der Waals surface area contributed by atoms with Crippen molar-refractivity contribution in [3.8, 4) is 0 Å². The number of sulfone groups is 1. The van der Waals surface area contributed by atoms with Crippen LogP contribution in [0.4, 0.5) is 0 Å². The average molecular weight is 428 g/mol. The van der Waals surface area contributed by atoms with Crippen LogP contribution in [0.5, 0.6) is 0 Å². The maximum absolute atomic E-state index is 12.7. The summed E-state index contributed by atoms with van der Waals surface area (Å²) < 4.78 is 24.6. The number of aromatic nitrogens is 1. The monoisotopic (exact) mass is 427 g/mol. The normalized spacial score (nSPS) is 12.4. The quantitative estimate of drug-likeness (QED) is 0.455. The Bertz CT molecular complexity index is 1120. The summed E-state index contributed by atoms with van der Waals surface area (Å²) >= 11 is 0. The molecule has 0 saturated carbocycles. The van der Waals surface area contributed by atoms with Gasteiger partial charge in [0.25, 0.3) is 0 Å². The molecule has 1 aromatic heterocycles. The van der Waals surface area contributed by atoms with Crippen molar-refractivity contribution in [1.82, 2.24) is 15.6 Å². The van der Waals surface area contributed by atoms with Gasteiger partial charge in [0.1, 0.15) is 6.04 Å². The fourth-order valence-electron chi connectivity index (χ4n) is 3.32. The Hall–Kier alpha value is -3.13. The van der Waals surface area contributed by atoms with E-state index in [1.165, 1.54) is 6.92 Å². The lowest BCUT2D eigenvalue weighted by Gasteiger charge is -2.17. The number of fused-ring (bicyclic) bond motifs is 1. The molecular formula is C22H25N3O4S. The molecule has 0 bridgehead atoms. The van der Waals surface area contributed by atoms with Crippen LogP contribution in [0.1, 0.15) is 18.9 Å². The lowest BCUT2D eigenvalue weighted by molar-refractivity contribution is -0.128. The highest BCUT2D eigenvalue weighted by Crippen LogP contribution is 2.19. The molecule has 30 heavy (non-hydrogen) atoms. The Morgan fingerprint density at radius 3 is 2.47 bits per heavy atom. The van der Waals surface area contributed by atoms with Gasteiger partial charge in [-0.1, -0.05) is 36.4 Å². The number of carbonyl (C=O) groups is 2. The van der Waals surface area contributed by atoms with Crippen molar-refractivity contribution in [3.05, 3.63) is 66.4 Å². The largest absolute Gasteiger partial charge is 0.361 e. The molecular weight excluding hydrogens is 402 g/mol. The molecule has 3 rings (SSSR count). The lowest BCUT2D eigenvalue weighted by atomic mass is 10.0. The zero-order valence-electron chi connectivity index (χ0n) is 16.7. The van der Waals surface area contributed by atoms with E-state index in [9.17, 15) is 18.0 Å². The van der Waals surface area contributed by atoms with Gasteiger partial charge in [0.15, 0.2) is 9.84 Å². The molecule has 0 fully saturated rings. The smallest absolute Gasteiger partial charge is 0.242 e. The molecule has 0 aliphatic rings. The fraction of sp³-hybridized carbons (Fsp3) is 0.273. The predicted octanol–water partition coefficient (Wildman–Crippen LogP) is 2.20. The van der Waals surface area contributed by atoms with Gasteiger partial charge in [-0.3, -0.25) is 9.59 Å². The molecule has 0 saturated heterocycles. The number of hydrogen-bond acceptors (Lipinski definition) is 4. The van der Waals surface area contributed by atoms with Crippen molar-refractivity contribution < 1.29 is 18.0 Å². The summed E-state index contributed by atoms with van der Waals surface area (Å²) in [6, 6.07) is 15.2. The first-order valence-corrected chi connectivity index (χ1v) is 11.4. The zero-order chi connectivity index (χ0) is 21.6. The van der Waals surface area contributed by atoms with E-state index in [-0.39, 0.29) is 35.4 Å². The SMILES string of the molecule is CC(=O)NC(Cc1c[nH]c2ccccc12)C(=O)NCCCS(=O)(=O)c1ccccc1. The summed E-state index contributed by atoms with van der Waals surface area (Å²) in [5.41, 5.74) is 1.88. The van der Waals surface area contributed by atoms with E-state index in [0.29, 0.717) is 6.42 Å². The molecule has 1 atom stereocenters. The summed E-state index contributed by atoms with van der Waals surface area (Å²) in [4.78, 5) is 27.7. The standard InChI is InChI=1S/C22H25N3O4S/c1-16(26)25-21(14-17-15-24-20-11-6-5-10-19(17)20)22(27)23-12-7-13-30(28,29)18-8-3-2-4-9-18/h2-6,8-11,15,21,24H,7,12-14H2,1H3,(H,23,27)(H,25,26). The highest BCUT2D eigenvalue weighted by Gasteiger charge is 2.21. The van der Waals surface area contributed by atoms with Gasteiger partial charge in [-0.15, -0.1) is 0 Å². The van der Waals surface area contributed by atoms with Crippen LogP contribution in [-0.2, 0) is 25.8 Å². The number of rotatable bonds is 9. The lowest BCUT2D eigenvalue weighted by Crippen LogP contribution is -2.47. The highest BCUT2D eigenvalue weighted by atomic mass is 32.2. The third-order valence-electron chi connectivity index (χ3n) is 4.78. The number of benzene rings is 2. The molecule has 7 nitrogen and oxygen atoms in total. The molecule has 3 N–H and O–H groups in total. The molecule has 158 valence electrons. The first-order chi connectivity index (χ1) is 14.4. The minimum absolute atomic E-state index is 0.0649. The molecule has 3 aromatic rings. The first-order valence-electron chi connectivity index (χ1n) is 9.74. The third kappa shape index (κ3) is 5.48. The Balaban J connectivity index is 1.58. The van der Waals surface area contributed by atoms with Crippen LogP contribution in [0.2, 0.25) is 0 Å². The number of H-pyrrole nitrogens is 1. The molecule has 2 amide bonds. The van der Waals surface area contributed by atoms with Gasteiger partial charge in [0.2, 0.25) is 11.8 Å². The van der Waals surface area contributed by atoms with E-state index < -0.39 is 15.9 Å². The number of aromatic amines is 1. The number of hydrogen-bond donors (Lipinski definition) is 3. The van der Waals surface area contributed by atoms with Crippen LogP contribution in [0.25, 0.3) is 10.9 Å². The topological polar surface area (TPSA) is 108 Å². The van der Waals surface area contributed by atoms with E-state index in [0.717, 1.165) is 16.5 Å². The number of carbonyl (C=O) groups excluding carboxylic acids is 2. The first kappa shape index (κ1) is 21.6. The van der Waals surface area contributed by atoms with E-state index in [1.54, 1.807) is 30.3 Å². The summed E-state index contributed by atoms with van der Waals surface area (Å²) in [7, 11) is -3.39. The minimum Gasteiger partial charge on any atom is -0.361 e. The summed E-state index contributed by atoms with van der Waals surface area (Å²) in [6.07, 6.45) is 2.44. The summed E-state index contributed by atoms with van der Waals surface area (Å²) in [5.74, 6) is -0.709. The molecule has 0 spiro atoms. The maximum Gasteiger partial charge on any atom is 0.242 e. The van der Waals surface area contributed by atoms with Gasteiger partial charge < -0.3 is 15.6 Å². The Labute approximate surface area is 175 Å². The van der Waals surface area contributed by atoms with Gasteiger partial charge in [0.05, 0.1) is 10.6 Å². The molecule has 2 aromatic carbocycles. The van der Waals surface area contributed by atoms with E-state index in [4.69, 9.17) is 0 Å². The van der Waals surface area contributed by atoms with Crippen molar-refractivity contribution in [3.63, 3.8) is 0 Å². The predicted molar refractivity (Wildman–Crippen MR) is 116 cm³/mol. The van der Waals surface area contributed by atoms with E-state index in [1.807, 2.05) is 30.5 Å². The molecule has 1 unspecified atom stereocenters. The second kappa shape index (κ2) is 9.58. The second-order valence-electron chi connectivity index (χ2n) is 7.09. The molecule has 8 heteroatoms. The van der Waals surface area contributed by atoms with Crippen LogP contribution < -0.4 is 10.6 Å². The minimum atomic E-state index is -3.39. The number of para-hydroxylation sites is 1. The van der Waals surface area contributed by atoms with Crippen LogP contribution in [0.15, 0.2) is 65.7 Å². The van der Waals surface area contributed by atoms with Gasteiger partial charge in [-0.05, 0) is 30.2 Å². The number of nitrogens with one attached hydrogen (secondary N) is 3. The van der Waals surface area contributed by atoms with Gasteiger partial charge in [-0.2, -0.15) is 0 Å². The van der Waals surface area contributed by atoms with Crippen molar-refractivity contribution in [2.24, 2.45) is 0 Å².